The minimum atomic E-state index is -0.412. The highest BCUT2D eigenvalue weighted by Gasteiger charge is 2.06. The molecule has 0 aliphatic heterocycles. The minimum Gasteiger partial charge on any atom is -0.465 e. The van der Waals surface area contributed by atoms with Gasteiger partial charge in [0.25, 0.3) is 0 Å². The summed E-state index contributed by atoms with van der Waals surface area (Å²) >= 11 is 0. The van der Waals surface area contributed by atoms with Crippen LogP contribution in [0.25, 0.3) is 0 Å². The molecule has 102 valence electrons. The maximum Gasteiger partial charge on any atom is 0.337 e. The Balaban J connectivity index is 1.96. The second-order valence-corrected chi connectivity index (χ2v) is 4.01. The van der Waals surface area contributed by atoms with Crippen LogP contribution in [0, 0.1) is 0 Å². The van der Waals surface area contributed by atoms with Crippen molar-refractivity contribution in [3.05, 3.63) is 60.2 Å². The van der Waals surface area contributed by atoms with Gasteiger partial charge in [0.1, 0.15) is 0 Å². The van der Waals surface area contributed by atoms with Gasteiger partial charge in [-0.2, -0.15) is 0 Å². The van der Waals surface area contributed by atoms with Crippen molar-refractivity contribution >= 4 is 23.4 Å². The topological polar surface area (TPSA) is 67.4 Å². The number of amides is 2. The van der Waals surface area contributed by atoms with Crippen LogP contribution in [-0.2, 0) is 4.74 Å². The Morgan fingerprint density at radius 1 is 0.850 bits per heavy atom. The van der Waals surface area contributed by atoms with Crippen LogP contribution in [0.5, 0.6) is 0 Å². The first-order chi connectivity index (χ1) is 9.69. The highest BCUT2D eigenvalue weighted by Crippen LogP contribution is 2.11. The van der Waals surface area contributed by atoms with Crippen molar-refractivity contribution < 1.29 is 14.3 Å². The molecule has 0 fully saturated rings. The summed E-state index contributed by atoms with van der Waals surface area (Å²) in [6.45, 7) is 0. The Labute approximate surface area is 116 Å². The zero-order valence-electron chi connectivity index (χ0n) is 10.9. The maximum absolute atomic E-state index is 11.7. The van der Waals surface area contributed by atoms with Gasteiger partial charge < -0.3 is 15.4 Å². The molecule has 0 aliphatic rings. The fourth-order valence-corrected chi connectivity index (χ4v) is 1.62. The predicted molar refractivity (Wildman–Crippen MR) is 76.9 cm³/mol. The number of carbonyl (C=O) groups excluding carboxylic acids is 2. The van der Waals surface area contributed by atoms with Crippen molar-refractivity contribution in [2.75, 3.05) is 17.7 Å². The summed E-state index contributed by atoms with van der Waals surface area (Å²) in [5.74, 6) is -0.412. The molecule has 0 atom stereocenters. The molecule has 0 heterocycles. The first-order valence-electron chi connectivity index (χ1n) is 6.00. The molecule has 0 aromatic heterocycles. The molecule has 2 rings (SSSR count). The molecule has 0 spiro atoms. The van der Waals surface area contributed by atoms with E-state index in [-0.39, 0.29) is 6.03 Å². The molecule has 5 nitrogen and oxygen atoms in total. The van der Waals surface area contributed by atoms with Crippen LogP contribution in [0.3, 0.4) is 0 Å². The van der Waals surface area contributed by atoms with E-state index < -0.39 is 5.97 Å². The summed E-state index contributed by atoms with van der Waals surface area (Å²) in [6.07, 6.45) is 0. The van der Waals surface area contributed by atoms with E-state index in [9.17, 15) is 9.59 Å². The summed E-state index contributed by atoms with van der Waals surface area (Å²) in [4.78, 5) is 23.0. The molecule has 20 heavy (non-hydrogen) atoms. The number of anilines is 2. The number of esters is 1. The summed E-state index contributed by atoms with van der Waals surface area (Å²) in [7, 11) is 1.32. The van der Waals surface area contributed by atoms with Crippen LogP contribution in [0.15, 0.2) is 54.6 Å². The molecule has 0 aliphatic carbocycles. The lowest BCUT2D eigenvalue weighted by atomic mass is 10.2. The smallest absolute Gasteiger partial charge is 0.337 e. The molecule has 5 heteroatoms. The molecule has 2 aromatic rings. The Bertz CT molecular complexity index is 594. The summed E-state index contributed by atoms with van der Waals surface area (Å²) in [5, 5.41) is 5.37. The van der Waals surface area contributed by atoms with Crippen molar-refractivity contribution in [2.45, 2.75) is 0 Å². The second-order valence-electron chi connectivity index (χ2n) is 4.01. The van der Waals surface area contributed by atoms with Gasteiger partial charge in [0.2, 0.25) is 0 Å². The largest absolute Gasteiger partial charge is 0.465 e. The first-order valence-corrected chi connectivity index (χ1v) is 6.00. The molecule has 2 amide bonds. The minimum absolute atomic E-state index is 0.345. The van der Waals surface area contributed by atoms with Crippen molar-refractivity contribution in [3.63, 3.8) is 0 Å². The van der Waals surface area contributed by atoms with Crippen LogP contribution >= 0.6 is 0 Å². The second kappa shape index (κ2) is 6.38. The number of methoxy groups -OCH3 is 1. The quantitative estimate of drug-likeness (QED) is 0.842. The molecule has 0 saturated carbocycles. The van der Waals surface area contributed by atoms with Crippen LogP contribution in [0.4, 0.5) is 16.2 Å². The third-order valence-electron chi connectivity index (χ3n) is 2.60. The zero-order valence-corrected chi connectivity index (χ0v) is 10.9. The van der Waals surface area contributed by atoms with Crippen molar-refractivity contribution in [1.29, 1.82) is 0 Å². The van der Waals surface area contributed by atoms with Gasteiger partial charge in [-0.25, -0.2) is 9.59 Å². The predicted octanol–water partition coefficient (Wildman–Crippen LogP) is 3.12. The molecule has 0 unspecified atom stereocenters. The average Bonchev–Trinajstić information content (AvgIpc) is 2.48. The van der Waals surface area contributed by atoms with E-state index in [1.807, 2.05) is 18.2 Å². The van der Waals surface area contributed by atoms with Gasteiger partial charge in [-0.3, -0.25) is 0 Å². The zero-order chi connectivity index (χ0) is 14.4. The van der Waals surface area contributed by atoms with Crippen molar-refractivity contribution in [1.82, 2.24) is 0 Å². The van der Waals surface area contributed by atoms with Gasteiger partial charge >= 0.3 is 12.0 Å². The Morgan fingerprint density at radius 3 is 1.95 bits per heavy atom. The molecule has 0 bridgehead atoms. The van der Waals surface area contributed by atoms with Gasteiger partial charge in [-0.05, 0) is 36.4 Å². The average molecular weight is 270 g/mol. The third-order valence-corrected chi connectivity index (χ3v) is 2.60. The number of urea groups is 1. The Kier molecular flexibility index (Phi) is 4.34. The van der Waals surface area contributed by atoms with Crippen LogP contribution in [0.1, 0.15) is 10.4 Å². The number of hydrogen-bond donors (Lipinski definition) is 2. The van der Waals surface area contributed by atoms with E-state index in [1.54, 1.807) is 36.4 Å². The van der Waals surface area contributed by atoms with E-state index >= 15 is 0 Å². The van der Waals surface area contributed by atoms with Crippen LogP contribution in [-0.4, -0.2) is 19.1 Å². The molecule has 2 N–H and O–H groups in total. The third kappa shape index (κ3) is 3.58. The first kappa shape index (κ1) is 13.6. The van der Waals surface area contributed by atoms with Crippen LogP contribution < -0.4 is 10.6 Å². The normalized spacial score (nSPS) is 9.65. The van der Waals surface area contributed by atoms with E-state index in [0.29, 0.717) is 16.9 Å². The lowest BCUT2D eigenvalue weighted by Crippen LogP contribution is -2.19. The summed E-state index contributed by atoms with van der Waals surface area (Å²) < 4.78 is 4.60. The van der Waals surface area contributed by atoms with E-state index in [0.717, 1.165) is 0 Å². The van der Waals surface area contributed by atoms with Crippen LogP contribution in [0.2, 0.25) is 0 Å². The molecule has 0 saturated heterocycles. The number of benzene rings is 2. The highest BCUT2D eigenvalue weighted by atomic mass is 16.5. The molecular weight excluding hydrogens is 256 g/mol. The van der Waals surface area contributed by atoms with Gasteiger partial charge in [0, 0.05) is 11.4 Å². The standard InChI is InChI=1S/C15H14N2O3/c1-20-14(18)11-7-9-13(10-8-11)17-15(19)16-12-5-3-2-4-6-12/h2-10H,1H3,(H2,16,17,19). The van der Waals surface area contributed by atoms with Crippen molar-refractivity contribution in [2.24, 2.45) is 0 Å². The van der Waals surface area contributed by atoms with E-state index in [4.69, 9.17) is 0 Å². The highest BCUT2D eigenvalue weighted by molar-refractivity contribution is 6.00. The monoisotopic (exact) mass is 270 g/mol. The number of para-hydroxylation sites is 1. The lowest BCUT2D eigenvalue weighted by molar-refractivity contribution is 0.0601. The number of hydrogen-bond acceptors (Lipinski definition) is 3. The van der Waals surface area contributed by atoms with E-state index in [1.165, 1.54) is 7.11 Å². The SMILES string of the molecule is COC(=O)c1ccc(NC(=O)Nc2ccccc2)cc1. The maximum atomic E-state index is 11.7. The summed E-state index contributed by atoms with van der Waals surface area (Å²) in [6, 6.07) is 15.2. The Morgan fingerprint density at radius 2 is 1.40 bits per heavy atom. The summed E-state index contributed by atoms with van der Waals surface area (Å²) in [5.41, 5.74) is 1.73. The molecule has 0 radical (unpaired) electrons. The van der Waals surface area contributed by atoms with E-state index in [2.05, 4.69) is 15.4 Å². The van der Waals surface area contributed by atoms with Gasteiger partial charge in [0.15, 0.2) is 0 Å². The molecular formula is C15H14N2O3. The fraction of sp³-hybridized carbons (Fsp3) is 0.0667. The lowest BCUT2D eigenvalue weighted by Gasteiger charge is -2.08. The fourth-order valence-electron chi connectivity index (χ4n) is 1.62. The Hall–Kier alpha value is -2.82. The van der Waals surface area contributed by atoms with Gasteiger partial charge in [0.05, 0.1) is 12.7 Å². The van der Waals surface area contributed by atoms with Gasteiger partial charge in [-0.1, -0.05) is 18.2 Å². The number of nitrogens with one attached hydrogen (secondary N) is 2. The van der Waals surface area contributed by atoms with Gasteiger partial charge in [-0.15, -0.1) is 0 Å². The van der Waals surface area contributed by atoms with Crippen molar-refractivity contribution in [3.8, 4) is 0 Å². The number of carbonyl (C=O) groups is 2. The number of ether oxygens (including phenoxy) is 1. The molecule has 2 aromatic carbocycles. The number of rotatable bonds is 3.